The first-order valence-electron chi connectivity index (χ1n) is 27.2. The number of nitrogens with one attached hydrogen (secondary N) is 10. The standard InChI is InChI=1S/C52H95N13O11/c1-11-20-35(44(71)61-38(29-66)46(73)58-34(43(54)70)21-19-26-57-50(55)56)59-47(74)40(32(7)12-2)63-49(76)52(10)25-18-16-14-13-15-17-24-51(8,9)48(75)62-37(28-31(5)6)45(72)60-36(27-30(3)4)42(69)41(68)33(64-65-52)22-23-39(53)67/h30-38,40,64-66H,11-29H2,1-10H3,(H2,53,67)(H2,54,70)(H,58,73)(H,59,74)(H,60,72)(H,61,71)(H,62,75)(H,63,76)(H4,55,56,57)/t32-,33-,34-,35-,36-,37-,38-,40-,52-/m0/s1. The molecule has 0 saturated carbocycles. The minimum atomic E-state index is -1.58. The number of aliphatic hydroxyl groups is 1. The van der Waals surface area contributed by atoms with Gasteiger partial charge in [0, 0.05) is 18.4 Å². The van der Waals surface area contributed by atoms with Crippen molar-refractivity contribution in [2.75, 3.05) is 13.2 Å². The molecule has 0 unspecified atom stereocenters. The fraction of sp³-hybridized carbons (Fsp3) is 0.788. The molecule has 434 valence electrons. The highest BCUT2D eigenvalue weighted by Gasteiger charge is 2.41. The van der Waals surface area contributed by atoms with E-state index in [1.165, 1.54) is 0 Å². The number of primary amides is 2. The third-order valence-electron chi connectivity index (χ3n) is 13.7. The average Bonchev–Trinajstić information content (AvgIpc) is 3.34. The van der Waals surface area contributed by atoms with Crippen LogP contribution in [0.15, 0.2) is 0 Å². The van der Waals surface area contributed by atoms with Crippen LogP contribution in [0, 0.1) is 28.6 Å². The SMILES string of the molecule is CCC[C@H](NC(=O)[C@@H](NC(=O)[C@]1(C)CCCCCCCCC(C)(C)C(=O)N[C@@H](CC(C)C)C(=O)N[C@@H](CC(C)C)C(=O)C(=O)[C@H](CCC(N)=O)NN1)[C@@H](C)CC)C(=O)N[C@@H](CO)C(=O)N[C@@H](CCCNC(=N)N)C(N)=O. The number of ketones is 2. The molecule has 17 N–H and O–H groups in total. The fourth-order valence-electron chi connectivity index (χ4n) is 8.65. The summed E-state index contributed by atoms with van der Waals surface area (Å²) in [5, 5.41) is 36.1. The van der Waals surface area contributed by atoms with Crippen LogP contribution in [0.1, 0.15) is 178 Å². The average molecular weight is 1080 g/mol. The summed E-state index contributed by atoms with van der Waals surface area (Å²) in [6, 6.07) is -8.96. The van der Waals surface area contributed by atoms with Crippen LogP contribution in [0.25, 0.3) is 0 Å². The topological polar surface area (TPSA) is 401 Å². The summed E-state index contributed by atoms with van der Waals surface area (Å²) in [5.41, 5.74) is 19.8. The number of rotatable bonds is 25. The zero-order valence-corrected chi connectivity index (χ0v) is 47.0. The summed E-state index contributed by atoms with van der Waals surface area (Å²) < 4.78 is 0. The second-order valence-corrected chi connectivity index (χ2v) is 22.1. The smallest absolute Gasteiger partial charge is 0.245 e. The normalized spacial score (nSPS) is 22.5. The van der Waals surface area contributed by atoms with Gasteiger partial charge in [0.15, 0.2) is 5.96 Å². The van der Waals surface area contributed by atoms with Crippen molar-refractivity contribution in [3.8, 4) is 0 Å². The molecule has 0 aliphatic carbocycles. The van der Waals surface area contributed by atoms with E-state index in [2.05, 4.69) is 48.1 Å². The Kier molecular flexibility index (Phi) is 30.6. The van der Waals surface area contributed by atoms with Crippen LogP contribution in [-0.2, 0) is 47.9 Å². The van der Waals surface area contributed by atoms with Crippen LogP contribution < -0.4 is 65.3 Å². The fourth-order valence-corrected chi connectivity index (χ4v) is 8.65. The summed E-state index contributed by atoms with van der Waals surface area (Å²) in [7, 11) is 0. The molecule has 1 aliphatic rings. The molecule has 0 spiro atoms. The molecule has 1 rings (SSSR count). The molecular formula is C52H95N13O11. The number of hydrogen-bond acceptors (Lipinski definition) is 14. The maximum atomic E-state index is 14.8. The summed E-state index contributed by atoms with van der Waals surface area (Å²) in [6.45, 7) is 17.3. The highest BCUT2D eigenvalue weighted by molar-refractivity contribution is 6.41. The lowest BCUT2D eigenvalue weighted by Crippen LogP contribution is -2.66. The zero-order valence-electron chi connectivity index (χ0n) is 47.0. The first-order chi connectivity index (χ1) is 35.5. The Morgan fingerprint density at radius 2 is 1.24 bits per heavy atom. The van der Waals surface area contributed by atoms with Crippen molar-refractivity contribution >= 4 is 64.8 Å². The molecule has 1 saturated heterocycles. The molecule has 24 heteroatoms. The van der Waals surface area contributed by atoms with E-state index < -0.39 is 119 Å². The molecule has 0 radical (unpaired) electrons. The first kappa shape index (κ1) is 68.3. The van der Waals surface area contributed by atoms with Crippen molar-refractivity contribution in [2.24, 2.45) is 40.4 Å². The van der Waals surface area contributed by atoms with Crippen LogP contribution in [0.5, 0.6) is 0 Å². The predicted molar refractivity (Wildman–Crippen MR) is 288 cm³/mol. The van der Waals surface area contributed by atoms with Gasteiger partial charge in [-0.1, -0.05) is 114 Å². The zero-order chi connectivity index (χ0) is 57.9. The van der Waals surface area contributed by atoms with E-state index in [-0.39, 0.29) is 81.6 Å². The number of carbonyl (C=O) groups excluding carboxylic acids is 10. The van der Waals surface area contributed by atoms with Gasteiger partial charge in [-0.05, 0) is 76.0 Å². The minimum Gasteiger partial charge on any atom is -0.394 e. The highest BCUT2D eigenvalue weighted by Crippen LogP contribution is 2.26. The van der Waals surface area contributed by atoms with Gasteiger partial charge in [0.05, 0.1) is 18.7 Å². The number of aliphatic hydroxyl groups excluding tert-OH is 1. The molecule has 8 amide bonds. The van der Waals surface area contributed by atoms with E-state index in [9.17, 15) is 53.1 Å². The van der Waals surface area contributed by atoms with E-state index in [1.54, 1.807) is 27.7 Å². The van der Waals surface area contributed by atoms with Crippen LogP contribution in [0.4, 0.5) is 0 Å². The number of Topliss-reactive ketones (excluding diaryl/α,β-unsaturated/α-hetero) is 2. The summed E-state index contributed by atoms with van der Waals surface area (Å²) in [5.74, 6) is -8.67. The lowest BCUT2D eigenvalue weighted by molar-refractivity contribution is -0.141. The van der Waals surface area contributed by atoms with E-state index in [0.717, 1.165) is 25.7 Å². The molecule has 0 aromatic carbocycles. The molecule has 0 bridgehead atoms. The molecule has 9 atom stereocenters. The quantitative estimate of drug-likeness (QED) is 0.0254. The first-order valence-corrected chi connectivity index (χ1v) is 27.2. The number of carbonyl (C=O) groups is 10. The number of guanidine groups is 1. The van der Waals surface area contributed by atoms with Crippen molar-refractivity contribution in [1.29, 1.82) is 5.41 Å². The second kappa shape index (κ2) is 34.1. The highest BCUT2D eigenvalue weighted by atomic mass is 16.3. The molecule has 1 fully saturated rings. The maximum Gasteiger partial charge on any atom is 0.245 e. The van der Waals surface area contributed by atoms with Gasteiger partial charge in [0.25, 0.3) is 0 Å². The van der Waals surface area contributed by atoms with Gasteiger partial charge in [-0.3, -0.25) is 53.4 Å². The Morgan fingerprint density at radius 3 is 1.78 bits per heavy atom. The lowest BCUT2D eigenvalue weighted by Gasteiger charge is -2.35. The van der Waals surface area contributed by atoms with Gasteiger partial charge >= 0.3 is 0 Å². The predicted octanol–water partition coefficient (Wildman–Crippen LogP) is 0.360. The molecule has 0 aromatic rings. The molecule has 1 heterocycles. The van der Waals surface area contributed by atoms with Crippen molar-refractivity contribution in [1.82, 2.24) is 48.1 Å². The van der Waals surface area contributed by atoms with Gasteiger partial charge in [-0.2, -0.15) is 0 Å². The summed E-state index contributed by atoms with van der Waals surface area (Å²) >= 11 is 0. The minimum absolute atomic E-state index is 0.0208. The van der Waals surface area contributed by atoms with Gasteiger partial charge in [0.2, 0.25) is 58.8 Å². The number of amides is 8. The van der Waals surface area contributed by atoms with Crippen LogP contribution in [0.2, 0.25) is 0 Å². The van der Waals surface area contributed by atoms with Gasteiger partial charge in [-0.25, -0.2) is 10.9 Å². The molecule has 76 heavy (non-hydrogen) atoms. The van der Waals surface area contributed by atoms with Crippen molar-refractivity contribution in [3.05, 3.63) is 0 Å². The van der Waals surface area contributed by atoms with Gasteiger partial charge in [0.1, 0.15) is 35.7 Å². The van der Waals surface area contributed by atoms with Crippen molar-refractivity contribution in [2.45, 2.75) is 226 Å². The maximum absolute atomic E-state index is 14.8. The Hall–Kier alpha value is -5.75. The van der Waals surface area contributed by atoms with E-state index in [1.807, 2.05) is 41.5 Å². The van der Waals surface area contributed by atoms with E-state index in [4.69, 9.17) is 22.6 Å². The Balaban J connectivity index is 3.64. The molecule has 1 aliphatic heterocycles. The Bertz CT molecular complexity index is 1970. The van der Waals surface area contributed by atoms with Gasteiger partial charge < -0.3 is 59.5 Å². The van der Waals surface area contributed by atoms with Crippen LogP contribution in [0.3, 0.4) is 0 Å². The summed E-state index contributed by atoms with van der Waals surface area (Å²) in [4.78, 5) is 137. The van der Waals surface area contributed by atoms with Crippen molar-refractivity contribution in [3.63, 3.8) is 0 Å². The third-order valence-corrected chi connectivity index (χ3v) is 13.7. The molecule has 24 nitrogen and oxygen atoms in total. The lowest BCUT2D eigenvalue weighted by atomic mass is 9.85. The second-order valence-electron chi connectivity index (χ2n) is 22.1. The van der Waals surface area contributed by atoms with Crippen molar-refractivity contribution < 1.29 is 53.1 Å². The van der Waals surface area contributed by atoms with Crippen LogP contribution >= 0.6 is 0 Å². The number of hydrogen-bond donors (Lipinski definition) is 14. The van der Waals surface area contributed by atoms with E-state index in [0.29, 0.717) is 32.1 Å². The number of hydrazine groups is 1. The van der Waals surface area contributed by atoms with Gasteiger partial charge in [-0.15, -0.1) is 0 Å². The van der Waals surface area contributed by atoms with Crippen LogP contribution in [-0.4, -0.2) is 131 Å². The summed E-state index contributed by atoms with van der Waals surface area (Å²) in [6.07, 6.45) is 5.98. The Morgan fingerprint density at radius 1 is 0.697 bits per heavy atom. The largest absolute Gasteiger partial charge is 0.394 e. The monoisotopic (exact) mass is 1080 g/mol. The third kappa shape index (κ3) is 24.5. The molecule has 0 aromatic heterocycles. The number of nitrogens with two attached hydrogens (primary N) is 3. The molecular weight excluding hydrogens is 983 g/mol. The Labute approximate surface area is 449 Å². The van der Waals surface area contributed by atoms with E-state index >= 15 is 0 Å².